The second-order valence-corrected chi connectivity index (χ2v) is 3.32. The van der Waals surface area contributed by atoms with Crippen LogP contribution in [0.2, 0.25) is 0 Å². The molecular weight excluding hydrogens is 174 g/mol. The highest BCUT2D eigenvalue weighted by atomic mass is 15.0. The molecule has 14 heavy (non-hydrogen) atoms. The van der Waals surface area contributed by atoms with E-state index >= 15 is 0 Å². The fraction of sp³-hybridized carbons (Fsp3) is 0.182. The number of rotatable bonds is 2. The van der Waals surface area contributed by atoms with Gasteiger partial charge in [0.05, 0.1) is 12.0 Å². The highest BCUT2D eigenvalue weighted by Gasteiger charge is 2.06. The molecule has 0 aliphatic rings. The summed E-state index contributed by atoms with van der Waals surface area (Å²) >= 11 is 0. The number of para-hydroxylation sites is 1. The largest absolute Gasteiger partial charge is 0.324 e. The lowest BCUT2D eigenvalue weighted by Gasteiger charge is -2.12. The van der Waals surface area contributed by atoms with Crippen LogP contribution < -0.4 is 5.73 Å². The van der Waals surface area contributed by atoms with Crippen molar-refractivity contribution in [3.8, 4) is 5.69 Å². The minimum absolute atomic E-state index is 0.0357. The number of benzene rings is 1. The Hall–Kier alpha value is -1.61. The van der Waals surface area contributed by atoms with Gasteiger partial charge >= 0.3 is 0 Å². The molecule has 3 nitrogen and oxygen atoms in total. The van der Waals surface area contributed by atoms with E-state index in [1.54, 1.807) is 12.5 Å². The van der Waals surface area contributed by atoms with Crippen molar-refractivity contribution >= 4 is 0 Å². The molecule has 2 rings (SSSR count). The Morgan fingerprint density at radius 3 is 2.79 bits per heavy atom. The molecule has 1 unspecified atom stereocenters. The van der Waals surface area contributed by atoms with Gasteiger partial charge in [0.15, 0.2) is 0 Å². The Balaban J connectivity index is 2.53. The third-order valence-corrected chi connectivity index (χ3v) is 2.21. The number of imidazole rings is 1. The van der Waals surface area contributed by atoms with Crippen LogP contribution in [0.15, 0.2) is 43.0 Å². The van der Waals surface area contributed by atoms with Crippen molar-refractivity contribution < 1.29 is 0 Å². The average Bonchev–Trinajstić information content (AvgIpc) is 2.70. The van der Waals surface area contributed by atoms with Crippen molar-refractivity contribution in [1.29, 1.82) is 0 Å². The van der Waals surface area contributed by atoms with E-state index in [9.17, 15) is 0 Å². The molecule has 0 radical (unpaired) electrons. The Morgan fingerprint density at radius 1 is 1.36 bits per heavy atom. The smallest absolute Gasteiger partial charge is 0.0991 e. The SMILES string of the molecule is CC(N)c1ccccc1-n1ccnc1. The maximum Gasteiger partial charge on any atom is 0.0991 e. The van der Waals surface area contributed by atoms with E-state index in [0.717, 1.165) is 11.3 Å². The highest BCUT2D eigenvalue weighted by molar-refractivity contribution is 5.42. The van der Waals surface area contributed by atoms with Crippen molar-refractivity contribution in [2.45, 2.75) is 13.0 Å². The van der Waals surface area contributed by atoms with E-state index in [2.05, 4.69) is 4.98 Å². The van der Waals surface area contributed by atoms with Crippen LogP contribution in [-0.2, 0) is 0 Å². The van der Waals surface area contributed by atoms with Gasteiger partial charge in [-0.1, -0.05) is 18.2 Å². The zero-order valence-corrected chi connectivity index (χ0v) is 8.09. The van der Waals surface area contributed by atoms with Crippen LogP contribution in [0, 0.1) is 0 Å². The van der Waals surface area contributed by atoms with Gasteiger partial charge in [-0.05, 0) is 18.6 Å². The molecule has 1 atom stereocenters. The molecule has 72 valence electrons. The van der Waals surface area contributed by atoms with Gasteiger partial charge in [0.1, 0.15) is 0 Å². The van der Waals surface area contributed by atoms with Crippen LogP contribution in [0.25, 0.3) is 5.69 Å². The molecule has 0 aliphatic heterocycles. The fourth-order valence-corrected chi connectivity index (χ4v) is 1.51. The van der Waals surface area contributed by atoms with Gasteiger partial charge in [-0.3, -0.25) is 0 Å². The monoisotopic (exact) mass is 187 g/mol. The Kier molecular flexibility index (Phi) is 2.33. The van der Waals surface area contributed by atoms with E-state index < -0.39 is 0 Å². The number of nitrogens with zero attached hydrogens (tertiary/aromatic N) is 2. The third kappa shape index (κ3) is 1.54. The van der Waals surface area contributed by atoms with E-state index in [-0.39, 0.29) is 6.04 Å². The first-order valence-corrected chi connectivity index (χ1v) is 4.62. The Morgan fingerprint density at radius 2 is 2.14 bits per heavy atom. The van der Waals surface area contributed by atoms with Gasteiger partial charge in [0.2, 0.25) is 0 Å². The summed E-state index contributed by atoms with van der Waals surface area (Å²) in [5.74, 6) is 0. The molecule has 1 aromatic carbocycles. The van der Waals surface area contributed by atoms with Gasteiger partial charge in [0.25, 0.3) is 0 Å². The first kappa shape index (κ1) is 8.97. The molecule has 3 heteroatoms. The topological polar surface area (TPSA) is 43.8 Å². The van der Waals surface area contributed by atoms with Crippen molar-refractivity contribution in [2.24, 2.45) is 5.73 Å². The first-order valence-electron chi connectivity index (χ1n) is 4.62. The molecule has 2 N–H and O–H groups in total. The lowest BCUT2D eigenvalue weighted by Crippen LogP contribution is -2.08. The highest BCUT2D eigenvalue weighted by Crippen LogP contribution is 2.19. The van der Waals surface area contributed by atoms with Crippen molar-refractivity contribution in [3.05, 3.63) is 48.5 Å². The Bertz CT molecular complexity index is 404. The van der Waals surface area contributed by atoms with Gasteiger partial charge in [-0.25, -0.2) is 4.98 Å². The normalized spacial score (nSPS) is 12.7. The lowest BCUT2D eigenvalue weighted by atomic mass is 10.1. The van der Waals surface area contributed by atoms with Crippen LogP contribution in [-0.4, -0.2) is 9.55 Å². The summed E-state index contributed by atoms with van der Waals surface area (Å²) in [5, 5.41) is 0. The number of hydrogen-bond acceptors (Lipinski definition) is 2. The zero-order chi connectivity index (χ0) is 9.97. The maximum absolute atomic E-state index is 5.89. The number of hydrogen-bond donors (Lipinski definition) is 1. The zero-order valence-electron chi connectivity index (χ0n) is 8.09. The summed E-state index contributed by atoms with van der Waals surface area (Å²) in [7, 11) is 0. The van der Waals surface area contributed by atoms with E-state index in [4.69, 9.17) is 5.73 Å². The summed E-state index contributed by atoms with van der Waals surface area (Å²) in [4.78, 5) is 4.02. The maximum atomic E-state index is 5.89. The molecule has 2 aromatic rings. The second kappa shape index (κ2) is 3.64. The fourth-order valence-electron chi connectivity index (χ4n) is 1.51. The quantitative estimate of drug-likeness (QED) is 0.780. The van der Waals surface area contributed by atoms with Gasteiger partial charge < -0.3 is 10.3 Å². The van der Waals surface area contributed by atoms with Crippen molar-refractivity contribution in [3.63, 3.8) is 0 Å². The molecule has 1 aromatic heterocycles. The predicted molar refractivity (Wildman–Crippen MR) is 56.2 cm³/mol. The molecular formula is C11H13N3. The molecule has 0 fully saturated rings. The van der Waals surface area contributed by atoms with Gasteiger partial charge in [0, 0.05) is 18.4 Å². The second-order valence-electron chi connectivity index (χ2n) is 3.32. The van der Waals surface area contributed by atoms with Crippen LogP contribution in [0.5, 0.6) is 0 Å². The summed E-state index contributed by atoms with van der Waals surface area (Å²) < 4.78 is 1.97. The minimum Gasteiger partial charge on any atom is -0.324 e. The van der Waals surface area contributed by atoms with Crippen LogP contribution in [0.1, 0.15) is 18.5 Å². The predicted octanol–water partition coefficient (Wildman–Crippen LogP) is 1.89. The summed E-state index contributed by atoms with van der Waals surface area (Å²) in [6, 6.07) is 8.12. The standard InChI is InChI=1S/C11H13N3/c1-9(12)10-4-2-3-5-11(10)14-7-6-13-8-14/h2-9H,12H2,1H3. The third-order valence-electron chi connectivity index (χ3n) is 2.21. The van der Waals surface area contributed by atoms with E-state index in [1.165, 1.54) is 0 Å². The van der Waals surface area contributed by atoms with Crippen molar-refractivity contribution in [1.82, 2.24) is 9.55 Å². The first-order chi connectivity index (χ1) is 6.79. The molecule has 0 saturated carbocycles. The molecule has 0 saturated heterocycles. The van der Waals surface area contributed by atoms with Crippen LogP contribution in [0.4, 0.5) is 0 Å². The molecule has 0 bridgehead atoms. The average molecular weight is 187 g/mol. The molecule has 0 aliphatic carbocycles. The minimum atomic E-state index is 0.0357. The van der Waals surface area contributed by atoms with E-state index in [1.807, 2.05) is 42.0 Å². The number of aromatic nitrogens is 2. The van der Waals surface area contributed by atoms with E-state index in [0.29, 0.717) is 0 Å². The number of nitrogens with two attached hydrogens (primary N) is 1. The van der Waals surface area contributed by atoms with Crippen molar-refractivity contribution in [2.75, 3.05) is 0 Å². The van der Waals surface area contributed by atoms with Crippen LogP contribution in [0.3, 0.4) is 0 Å². The lowest BCUT2D eigenvalue weighted by molar-refractivity contribution is 0.803. The summed E-state index contributed by atoms with van der Waals surface area (Å²) in [6.07, 6.45) is 5.46. The van der Waals surface area contributed by atoms with Crippen LogP contribution >= 0.6 is 0 Å². The van der Waals surface area contributed by atoms with Gasteiger partial charge in [-0.15, -0.1) is 0 Å². The summed E-state index contributed by atoms with van der Waals surface area (Å²) in [5.41, 5.74) is 8.11. The molecule has 0 amide bonds. The summed E-state index contributed by atoms with van der Waals surface area (Å²) in [6.45, 7) is 1.98. The Labute approximate surface area is 83.2 Å². The van der Waals surface area contributed by atoms with Gasteiger partial charge in [-0.2, -0.15) is 0 Å². The molecule has 1 heterocycles. The molecule has 0 spiro atoms.